The molecule has 0 saturated carbocycles. The van der Waals surface area contributed by atoms with Crippen LogP contribution in [0.25, 0.3) is 0 Å². The Morgan fingerprint density at radius 1 is 0.840 bits per heavy atom. The van der Waals surface area contributed by atoms with Gasteiger partial charge in [0, 0.05) is 11.1 Å². The zero-order chi connectivity index (χ0) is 18.9. The Balaban J connectivity index is 2.64. The number of hydrogen-bond acceptors (Lipinski definition) is 3. The maximum atomic E-state index is 13.7. The predicted molar refractivity (Wildman–Crippen MR) is 105 cm³/mol. The molecule has 4 nitrogen and oxygen atoms in total. The number of anilines is 1. The van der Waals surface area contributed by atoms with Crippen molar-refractivity contribution in [3.05, 3.63) is 51.6 Å². The van der Waals surface area contributed by atoms with Gasteiger partial charge in [-0.25, -0.2) is 0 Å². The molecule has 0 aliphatic carbocycles. The van der Waals surface area contributed by atoms with E-state index in [4.69, 9.17) is 8.92 Å². The van der Waals surface area contributed by atoms with E-state index in [0.717, 1.165) is 39.3 Å². The SMILES string of the molecule is COc1cc(C)c([S+](=O)(Nc2c(C)cc(C)cc2C)OC)c(C)c1C. The Morgan fingerprint density at radius 2 is 1.40 bits per heavy atom. The second-order valence-electron chi connectivity index (χ2n) is 6.52. The van der Waals surface area contributed by atoms with Crippen molar-refractivity contribution in [3.8, 4) is 5.75 Å². The van der Waals surface area contributed by atoms with Gasteiger partial charge in [0.25, 0.3) is 0 Å². The van der Waals surface area contributed by atoms with Gasteiger partial charge in [-0.1, -0.05) is 17.7 Å². The highest BCUT2D eigenvalue weighted by molar-refractivity contribution is 8.00. The van der Waals surface area contributed by atoms with Crippen LogP contribution in [0.4, 0.5) is 5.69 Å². The number of benzene rings is 2. The van der Waals surface area contributed by atoms with Crippen LogP contribution >= 0.6 is 0 Å². The molecule has 0 spiro atoms. The van der Waals surface area contributed by atoms with E-state index in [2.05, 4.69) is 23.8 Å². The van der Waals surface area contributed by atoms with Crippen LogP contribution in [-0.2, 0) is 18.8 Å². The van der Waals surface area contributed by atoms with Crippen molar-refractivity contribution in [1.29, 1.82) is 0 Å². The molecule has 0 aliphatic heterocycles. The Labute approximate surface area is 152 Å². The van der Waals surface area contributed by atoms with Crippen molar-refractivity contribution >= 4 is 16.1 Å². The Kier molecular flexibility index (Phi) is 5.59. The van der Waals surface area contributed by atoms with Crippen LogP contribution < -0.4 is 9.46 Å². The van der Waals surface area contributed by atoms with Gasteiger partial charge in [-0.3, -0.25) is 0 Å². The highest BCUT2D eigenvalue weighted by atomic mass is 32.3. The number of ether oxygens (including phenoxy) is 1. The highest BCUT2D eigenvalue weighted by Gasteiger charge is 2.39. The molecule has 0 fully saturated rings. The highest BCUT2D eigenvalue weighted by Crippen LogP contribution is 2.36. The lowest BCUT2D eigenvalue weighted by Crippen LogP contribution is -2.27. The summed E-state index contributed by atoms with van der Waals surface area (Å²) in [7, 11) is 0.193. The molecule has 1 atom stereocenters. The predicted octanol–water partition coefficient (Wildman–Crippen LogP) is 4.99. The monoisotopic (exact) mass is 362 g/mol. The van der Waals surface area contributed by atoms with Crippen LogP contribution in [0.1, 0.15) is 33.4 Å². The van der Waals surface area contributed by atoms with Gasteiger partial charge in [-0.05, 0) is 68.5 Å². The first kappa shape index (κ1) is 19.5. The Hall–Kier alpha value is -1.85. The Bertz CT molecular complexity index is 836. The average molecular weight is 363 g/mol. The maximum absolute atomic E-state index is 13.7. The molecule has 2 aromatic carbocycles. The molecular formula is C20H28NO3S+. The molecule has 1 N–H and O–H groups in total. The van der Waals surface area contributed by atoms with Gasteiger partial charge in [0.15, 0.2) is 0 Å². The quantitative estimate of drug-likeness (QED) is 0.762. The summed E-state index contributed by atoms with van der Waals surface area (Å²) in [5.41, 5.74) is 6.87. The number of nitrogens with one attached hydrogen (secondary N) is 1. The van der Waals surface area contributed by atoms with Crippen LogP contribution in [-0.4, -0.2) is 14.2 Å². The van der Waals surface area contributed by atoms with Gasteiger partial charge in [-0.15, -0.1) is 4.18 Å². The summed E-state index contributed by atoms with van der Waals surface area (Å²) in [6.45, 7) is 11.9. The second-order valence-corrected chi connectivity index (χ2v) is 8.47. The number of hydrogen-bond donors (Lipinski definition) is 1. The molecule has 0 amide bonds. The molecule has 25 heavy (non-hydrogen) atoms. The lowest BCUT2D eigenvalue weighted by Gasteiger charge is -2.19. The minimum atomic E-state index is -2.93. The van der Waals surface area contributed by atoms with Crippen molar-refractivity contribution < 1.29 is 13.1 Å². The van der Waals surface area contributed by atoms with Crippen molar-refractivity contribution in [2.45, 2.75) is 46.4 Å². The zero-order valence-electron chi connectivity index (χ0n) is 16.4. The van der Waals surface area contributed by atoms with Gasteiger partial charge in [0.1, 0.15) is 5.75 Å². The van der Waals surface area contributed by atoms with E-state index < -0.39 is 10.4 Å². The summed E-state index contributed by atoms with van der Waals surface area (Å²) < 4.78 is 27.9. The molecule has 136 valence electrons. The van der Waals surface area contributed by atoms with Gasteiger partial charge in [-0.2, -0.15) is 4.72 Å². The standard InChI is InChI=1S/C20H28NO3S/c1-12-9-13(2)19(14(3)10-12)21-25(22,24-8)20-15(4)11-18(23-7)16(5)17(20)6/h9-11H,1-8H3,(H,21,22)/q+1. The number of aryl methyl sites for hydroxylation is 4. The van der Waals surface area contributed by atoms with Crippen LogP contribution in [0.3, 0.4) is 0 Å². The van der Waals surface area contributed by atoms with Crippen LogP contribution in [0.2, 0.25) is 0 Å². The second kappa shape index (κ2) is 7.18. The summed E-state index contributed by atoms with van der Waals surface area (Å²) >= 11 is 0. The third-order valence-corrected chi connectivity index (χ3v) is 6.72. The van der Waals surface area contributed by atoms with Gasteiger partial charge < -0.3 is 4.74 Å². The molecule has 5 heteroatoms. The molecule has 0 heterocycles. The molecule has 0 saturated heterocycles. The van der Waals surface area contributed by atoms with E-state index in [1.807, 2.05) is 40.7 Å². The molecule has 0 aliphatic rings. The molecule has 2 aromatic rings. The van der Waals surface area contributed by atoms with Crippen molar-refractivity contribution in [1.82, 2.24) is 0 Å². The van der Waals surface area contributed by atoms with Gasteiger partial charge >= 0.3 is 10.4 Å². The molecule has 1 unspecified atom stereocenters. The van der Waals surface area contributed by atoms with Crippen molar-refractivity contribution in [2.24, 2.45) is 0 Å². The molecule has 0 bridgehead atoms. The van der Waals surface area contributed by atoms with E-state index >= 15 is 0 Å². The minimum absolute atomic E-state index is 0.688. The van der Waals surface area contributed by atoms with E-state index in [9.17, 15) is 4.21 Å². The summed E-state index contributed by atoms with van der Waals surface area (Å²) in [5, 5.41) is 0. The minimum Gasteiger partial charge on any atom is -0.496 e. The first-order valence-corrected chi connectivity index (χ1v) is 9.73. The van der Waals surface area contributed by atoms with E-state index in [0.29, 0.717) is 4.90 Å². The smallest absolute Gasteiger partial charge is 0.348 e. The van der Waals surface area contributed by atoms with Crippen molar-refractivity contribution in [2.75, 3.05) is 18.9 Å². The lowest BCUT2D eigenvalue weighted by molar-refractivity contribution is 0.407. The lowest BCUT2D eigenvalue weighted by atomic mass is 10.1. The third-order valence-electron chi connectivity index (χ3n) is 4.62. The topological polar surface area (TPSA) is 47.6 Å². The van der Waals surface area contributed by atoms with Crippen LogP contribution in [0, 0.1) is 41.5 Å². The largest absolute Gasteiger partial charge is 0.496 e. The van der Waals surface area contributed by atoms with Crippen LogP contribution in [0.5, 0.6) is 5.75 Å². The fourth-order valence-corrected chi connectivity index (χ4v) is 5.28. The number of methoxy groups -OCH3 is 1. The fraction of sp³-hybridized carbons (Fsp3) is 0.400. The normalized spacial score (nSPS) is 13.4. The van der Waals surface area contributed by atoms with E-state index in [1.54, 1.807) is 7.11 Å². The van der Waals surface area contributed by atoms with Gasteiger partial charge in [0.2, 0.25) is 4.90 Å². The first-order valence-electron chi connectivity index (χ1n) is 8.24. The van der Waals surface area contributed by atoms with Gasteiger partial charge in [0.05, 0.1) is 19.9 Å². The van der Waals surface area contributed by atoms with E-state index in [-0.39, 0.29) is 0 Å². The average Bonchev–Trinajstić information content (AvgIpc) is 2.54. The molecule has 2 rings (SSSR count). The molecule has 0 aromatic heterocycles. The fourth-order valence-electron chi connectivity index (χ4n) is 3.30. The summed E-state index contributed by atoms with van der Waals surface area (Å²) in [5.74, 6) is 0.791. The first-order chi connectivity index (χ1) is 11.6. The summed E-state index contributed by atoms with van der Waals surface area (Å²) in [4.78, 5) is 0.688. The summed E-state index contributed by atoms with van der Waals surface area (Å²) in [6.07, 6.45) is 0. The third kappa shape index (κ3) is 3.58. The summed E-state index contributed by atoms with van der Waals surface area (Å²) in [6, 6.07) is 6.06. The zero-order valence-corrected chi connectivity index (χ0v) is 17.2. The van der Waals surface area contributed by atoms with Crippen LogP contribution in [0.15, 0.2) is 23.1 Å². The number of rotatable bonds is 5. The van der Waals surface area contributed by atoms with Crippen molar-refractivity contribution in [3.63, 3.8) is 0 Å². The Morgan fingerprint density at radius 3 is 1.88 bits per heavy atom. The molecular weight excluding hydrogens is 334 g/mol. The maximum Gasteiger partial charge on any atom is 0.348 e. The van der Waals surface area contributed by atoms with E-state index in [1.165, 1.54) is 12.7 Å². The molecule has 0 radical (unpaired) electrons.